The lowest BCUT2D eigenvalue weighted by Crippen LogP contribution is -2.18. The molecule has 5 heterocycles. The third-order valence-corrected chi connectivity index (χ3v) is 3.39. The van der Waals surface area contributed by atoms with Crippen molar-refractivity contribution in [1.82, 2.24) is 15.3 Å². The number of aromatic amines is 2. The lowest BCUT2D eigenvalue weighted by molar-refractivity contribution is 1.14. The predicted octanol–water partition coefficient (Wildman–Crippen LogP) is 0.0924. The molecule has 2 aromatic rings. The molecule has 0 fully saturated rings. The molecule has 114 valence electrons. The molecule has 0 radical (unpaired) electrons. The summed E-state index contributed by atoms with van der Waals surface area (Å²) in [5, 5.41) is 2.38. The average molecular weight is 322 g/mol. The van der Waals surface area contributed by atoms with E-state index in [1.807, 2.05) is 0 Å². The molecular weight excluding hydrogens is 296 g/mol. The average Bonchev–Trinajstić information content (AvgIpc) is 3.52. The molecule has 0 aromatic carbocycles. The summed E-state index contributed by atoms with van der Waals surface area (Å²) < 4.78 is 91.6. The molecule has 2 aromatic heterocycles. The summed E-state index contributed by atoms with van der Waals surface area (Å²) in [6, 6.07) is -3.28. The molecule has 0 unspecified atom stereocenters. The van der Waals surface area contributed by atoms with Crippen LogP contribution < -0.4 is 26.7 Å². The summed E-state index contributed by atoms with van der Waals surface area (Å²) >= 11 is 0. The van der Waals surface area contributed by atoms with Crippen LogP contribution in [0.5, 0.6) is 0 Å². The van der Waals surface area contributed by atoms with E-state index >= 15 is 0 Å². The molecule has 0 saturated carbocycles. The highest BCUT2D eigenvalue weighted by Crippen LogP contribution is 2.13. The van der Waals surface area contributed by atoms with Crippen LogP contribution in [0.15, 0.2) is 65.1 Å². The molecule has 0 spiro atoms. The molecule has 4 heteroatoms. The molecule has 0 atom stereocenters. The van der Waals surface area contributed by atoms with Gasteiger partial charge in [0.1, 0.15) is 5.70 Å². The number of hydrogen-bond acceptors (Lipinski definition) is 2. The molecule has 3 aliphatic heterocycles. The number of aliphatic imine (C=N–C) groups is 1. The van der Waals surface area contributed by atoms with Crippen molar-refractivity contribution < 1.29 is 15.1 Å². The van der Waals surface area contributed by atoms with E-state index in [4.69, 9.17) is 15.1 Å². The fourth-order valence-corrected chi connectivity index (χ4v) is 2.27. The Labute approximate surface area is 153 Å². The van der Waals surface area contributed by atoms with Crippen molar-refractivity contribution in [2.24, 2.45) is 4.99 Å². The third-order valence-electron chi connectivity index (χ3n) is 3.39. The van der Waals surface area contributed by atoms with Crippen LogP contribution in [-0.4, -0.2) is 15.7 Å². The van der Waals surface area contributed by atoms with Crippen LogP contribution in [0, 0.1) is 6.40 Å². The quantitative estimate of drug-likeness (QED) is 0.592. The van der Waals surface area contributed by atoms with Gasteiger partial charge in [-0.25, -0.2) is 4.99 Å². The number of nitrogens with one attached hydrogen (secondary N) is 3. The number of allylic oxidation sites excluding steroid dienone is 3. The molecule has 0 amide bonds. The van der Waals surface area contributed by atoms with Gasteiger partial charge in [-0.1, -0.05) is 0 Å². The highest BCUT2D eigenvalue weighted by Gasteiger charge is 2.17. The zero-order valence-electron chi connectivity index (χ0n) is 23.0. The number of fused-ring (bicyclic) bond motifs is 7. The van der Waals surface area contributed by atoms with E-state index in [0.717, 1.165) is 0 Å². The minimum atomic E-state index is -0.588. The van der Waals surface area contributed by atoms with Gasteiger partial charge in [0.2, 0.25) is 0 Å². The summed E-state index contributed by atoms with van der Waals surface area (Å²) in [4.78, 5) is 9.56. The second-order valence-corrected chi connectivity index (χ2v) is 5.01. The Hall–Kier alpha value is -3.40. The van der Waals surface area contributed by atoms with E-state index in [1.54, 1.807) is 0 Å². The van der Waals surface area contributed by atoms with Gasteiger partial charge >= 0.3 is 0 Å². The Morgan fingerprint density at radius 3 is 2.75 bits per heavy atom. The first kappa shape index (κ1) is 6.24. The maximum Gasteiger partial charge on any atom is 0.186 e. The summed E-state index contributed by atoms with van der Waals surface area (Å²) in [5.74, 6) is 0. The van der Waals surface area contributed by atoms with Gasteiger partial charge in [-0.3, -0.25) is 5.32 Å². The van der Waals surface area contributed by atoms with Crippen LogP contribution in [0.2, 0.25) is 0 Å². The van der Waals surface area contributed by atoms with Gasteiger partial charge in [0.15, 0.2) is 12.4 Å². The van der Waals surface area contributed by atoms with Gasteiger partial charge < -0.3 is 9.97 Å². The maximum atomic E-state index is 8.44. The SMILES string of the molecule is [2H]C1=C([2H])C2=C([2H])[C+]([2H])C(=c3cc([2H])c([nH]3)=C([2H])C([2H])=c3[nH]c(c([2H])c3[2H])=C3N=C1C([2H])=C3[2H])N2. The van der Waals surface area contributed by atoms with Gasteiger partial charge in [0.05, 0.1) is 48.3 Å². The first-order chi connectivity index (χ1) is 16.4. The van der Waals surface area contributed by atoms with Crippen LogP contribution in [0.25, 0.3) is 23.5 Å². The van der Waals surface area contributed by atoms with Gasteiger partial charge in [-0.05, 0) is 48.4 Å². The Bertz CT molecular complexity index is 1730. The Morgan fingerprint density at radius 2 is 1.79 bits per heavy atom. The fraction of sp³-hybridized carbons (Fsp3) is 0. The van der Waals surface area contributed by atoms with Crippen molar-refractivity contribution in [3.8, 4) is 0 Å². The molecule has 24 heavy (non-hydrogen) atoms. The summed E-state index contributed by atoms with van der Waals surface area (Å²) in [6.07, 6.45) is -0.333. The molecule has 3 aliphatic rings. The Kier molecular flexibility index (Phi) is 1.32. The van der Waals surface area contributed by atoms with Crippen molar-refractivity contribution in [1.29, 1.82) is 0 Å². The summed E-state index contributed by atoms with van der Waals surface area (Å²) in [5.41, 5.74) is -0.778. The van der Waals surface area contributed by atoms with Gasteiger partial charge in [-0.2, -0.15) is 0 Å². The zero-order valence-corrected chi connectivity index (χ0v) is 12.0. The highest BCUT2D eigenvalue weighted by atomic mass is 14.9. The first-order valence-corrected chi connectivity index (χ1v) is 7.02. The Morgan fingerprint density at radius 1 is 0.958 bits per heavy atom. The van der Waals surface area contributed by atoms with E-state index < -0.39 is 54.4 Å². The molecule has 4 nitrogen and oxygen atoms in total. The van der Waals surface area contributed by atoms with Crippen LogP contribution in [-0.2, 0) is 0 Å². The van der Waals surface area contributed by atoms with E-state index in [1.165, 1.54) is 6.07 Å². The normalized spacial score (nSPS) is 27.4. The second-order valence-electron chi connectivity index (χ2n) is 5.01. The number of nitrogens with zero attached hydrogens (tertiary/aromatic N) is 1. The monoisotopic (exact) mass is 322 g/mol. The molecular formula is C20H15N4+. The van der Waals surface area contributed by atoms with Crippen molar-refractivity contribution in [2.45, 2.75) is 0 Å². The smallest absolute Gasteiger partial charge is 0.186 e. The second kappa shape index (κ2) is 5.06. The fourth-order valence-electron chi connectivity index (χ4n) is 2.27. The van der Waals surface area contributed by atoms with E-state index in [2.05, 4.69) is 20.3 Å². The predicted molar refractivity (Wildman–Crippen MR) is 97.1 cm³/mol. The highest BCUT2D eigenvalue weighted by molar-refractivity contribution is 6.10. The minimum Gasteiger partial charge on any atom is -0.354 e. The van der Waals surface area contributed by atoms with E-state index in [-0.39, 0.29) is 56.6 Å². The van der Waals surface area contributed by atoms with Crippen molar-refractivity contribution in [3.63, 3.8) is 0 Å². The van der Waals surface area contributed by atoms with Crippen LogP contribution >= 0.6 is 0 Å². The molecule has 5 rings (SSSR count). The van der Waals surface area contributed by atoms with Crippen molar-refractivity contribution in [2.75, 3.05) is 0 Å². The molecule has 0 saturated heterocycles. The van der Waals surface area contributed by atoms with Crippen LogP contribution in [0.3, 0.4) is 0 Å². The number of aromatic nitrogens is 2. The van der Waals surface area contributed by atoms with Crippen LogP contribution in [0.4, 0.5) is 0 Å². The lowest BCUT2D eigenvalue weighted by Gasteiger charge is -1.92. The van der Waals surface area contributed by atoms with Gasteiger partial charge in [0, 0.05) is 17.5 Å². The molecule has 3 N–H and O–H groups in total. The zero-order chi connectivity index (χ0) is 25.5. The number of rotatable bonds is 0. The largest absolute Gasteiger partial charge is 0.354 e. The molecule has 0 aliphatic carbocycles. The van der Waals surface area contributed by atoms with Crippen molar-refractivity contribution in [3.05, 3.63) is 87.9 Å². The Balaban J connectivity index is 2.02. The van der Waals surface area contributed by atoms with Gasteiger partial charge in [-0.15, -0.1) is 0 Å². The lowest BCUT2D eigenvalue weighted by atomic mass is 10.3. The third kappa shape index (κ3) is 2.25. The summed E-state index contributed by atoms with van der Waals surface area (Å²) in [6.45, 7) is 0. The van der Waals surface area contributed by atoms with E-state index in [9.17, 15) is 0 Å². The summed E-state index contributed by atoms with van der Waals surface area (Å²) in [7, 11) is 0. The standard InChI is InChI=1S/C20H15N4/c1-2-14-6-10-19(22-14)20-12-8-16(24-20)4-3-15-7-11-18(23-15)17-9-5-13(1)21-17/h1-12,21-23H/q+1/i1D,2D,3D,4D,5D,6D,7D,8D,10D,11D,12D. The topological polar surface area (TPSA) is 56.0 Å². The van der Waals surface area contributed by atoms with Crippen LogP contribution in [0.1, 0.15) is 15.1 Å². The van der Waals surface area contributed by atoms with E-state index in [0.29, 0.717) is 0 Å². The number of H-pyrrole nitrogens is 2. The van der Waals surface area contributed by atoms with Crippen molar-refractivity contribution >= 4 is 29.2 Å². The molecule has 8 bridgehead atoms. The maximum absolute atomic E-state index is 8.44. The minimum absolute atomic E-state index is 0.0222. The van der Waals surface area contributed by atoms with Gasteiger partial charge in [0.25, 0.3) is 0 Å². The number of hydrogen-bond donors (Lipinski definition) is 3. The first-order valence-electron chi connectivity index (χ1n) is 12.5.